The summed E-state index contributed by atoms with van der Waals surface area (Å²) in [6.07, 6.45) is 8.97. The smallest absolute Gasteiger partial charge is 0.0647 e. The third kappa shape index (κ3) is 2.73. The van der Waals surface area contributed by atoms with E-state index >= 15 is 0 Å². The van der Waals surface area contributed by atoms with Gasteiger partial charge in [0.2, 0.25) is 0 Å². The average Bonchev–Trinajstić information content (AvgIpc) is 2.44. The molecule has 114 valence electrons. The normalized spacial score (nSPS) is 37.4. The Labute approximate surface area is 131 Å². The van der Waals surface area contributed by atoms with E-state index in [0.717, 1.165) is 24.3 Å². The Kier molecular flexibility index (Phi) is 3.50. The molecule has 1 N–H and O–H groups in total. The van der Waals surface area contributed by atoms with E-state index in [-0.39, 0.29) is 0 Å². The maximum Gasteiger partial charge on any atom is 0.0647 e. The van der Waals surface area contributed by atoms with E-state index in [1.165, 1.54) is 44.1 Å². The number of hydrogen-bond acceptors (Lipinski definition) is 1. The Bertz CT molecular complexity index is 470. The summed E-state index contributed by atoms with van der Waals surface area (Å²) in [5.74, 6) is 3.12. The lowest BCUT2D eigenvalue weighted by molar-refractivity contribution is -0.0206. The molecule has 0 heterocycles. The molecule has 0 aromatic heterocycles. The highest BCUT2D eigenvalue weighted by Crippen LogP contribution is 2.55. The van der Waals surface area contributed by atoms with Gasteiger partial charge in [-0.3, -0.25) is 0 Å². The van der Waals surface area contributed by atoms with Crippen LogP contribution >= 0.6 is 0 Å². The summed E-state index contributed by atoms with van der Waals surface area (Å²) in [5, 5.41) is 5.59. The van der Waals surface area contributed by atoms with Crippen LogP contribution in [0.4, 0.5) is 0 Å². The van der Waals surface area contributed by atoms with Crippen LogP contribution in [0.2, 0.25) is 13.1 Å². The topological polar surface area (TPSA) is 12.0 Å². The summed E-state index contributed by atoms with van der Waals surface area (Å²) in [6, 6.07) is 9.45. The molecule has 1 aromatic rings. The Morgan fingerprint density at radius 2 is 1.48 bits per heavy atom. The molecule has 0 unspecified atom stereocenters. The first-order chi connectivity index (χ1) is 10.1. The van der Waals surface area contributed by atoms with Crippen LogP contribution < -0.4 is 10.5 Å². The van der Waals surface area contributed by atoms with Gasteiger partial charge in [-0.05, 0) is 61.8 Å². The summed E-state index contributed by atoms with van der Waals surface area (Å²) in [4.78, 5) is 0. The summed E-state index contributed by atoms with van der Waals surface area (Å²) in [7, 11) is -0.639. The molecule has 2 heteroatoms. The molecule has 4 fully saturated rings. The SMILES string of the molecule is C[SiH](C)c1ccc(CNC23CC4CC(CC(C4)C2)C3)cc1. The minimum Gasteiger partial charge on any atom is -0.307 e. The van der Waals surface area contributed by atoms with Crippen molar-refractivity contribution in [1.29, 1.82) is 0 Å². The molecule has 0 spiro atoms. The van der Waals surface area contributed by atoms with Crippen LogP contribution in [0.25, 0.3) is 0 Å². The lowest BCUT2D eigenvalue weighted by atomic mass is 9.53. The lowest BCUT2D eigenvalue weighted by Gasteiger charge is -2.57. The van der Waals surface area contributed by atoms with Crippen LogP contribution in [0.5, 0.6) is 0 Å². The molecule has 0 radical (unpaired) electrons. The van der Waals surface area contributed by atoms with Crippen molar-refractivity contribution >= 4 is 14.0 Å². The zero-order valence-electron chi connectivity index (χ0n) is 13.6. The number of benzene rings is 1. The van der Waals surface area contributed by atoms with E-state index in [0.29, 0.717) is 5.54 Å². The fourth-order valence-electron chi connectivity index (χ4n) is 5.64. The van der Waals surface area contributed by atoms with Gasteiger partial charge < -0.3 is 5.32 Å². The molecule has 21 heavy (non-hydrogen) atoms. The summed E-state index contributed by atoms with van der Waals surface area (Å²) in [6.45, 7) is 5.89. The lowest BCUT2D eigenvalue weighted by Crippen LogP contribution is -2.58. The molecule has 4 saturated carbocycles. The highest BCUT2D eigenvalue weighted by Gasteiger charge is 2.50. The second kappa shape index (κ2) is 5.24. The van der Waals surface area contributed by atoms with Crippen molar-refractivity contribution in [3.63, 3.8) is 0 Å². The van der Waals surface area contributed by atoms with Crippen LogP contribution in [0.3, 0.4) is 0 Å². The molecule has 0 aliphatic heterocycles. The molecule has 4 aliphatic carbocycles. The first-order valence-corrected chi connectivity index (χ1v) is 11.8. The van der Waals surface area contributed by atoms with Crippen molar-refractivity contribution in [2.24, 2.45) is 17.8 Å². The Balaban J connectivity index is 1.42. The molecule has 0 amide bonds. The third-order valence-corrected chi connectivity index (χ3v) is 8.07. The van der Waals surface area contributed by atoms with E-state index < -0.39 is 8.80 Å². The number of nitrogens with one attached hydrogen (secondary N) is 1. The van der Waals surface area contributed by atoms with E-state index in [2.05, 4.69) is 42.7 Å². The van der Waals surface area contributed by atoms with Gasteiger partial charge in [0.25, 0.3) is 0 Å². The first kappa shape index (κ1) is 14.0. The van der Waals surface area contributed by atoms with Gasteiger partial charge in [-0.1, -0.05) is 42.5 Å². The van der Waals surface area contributed by atoms with Crippen molar-refractivity contribution in [2.75, 3.05) is 0 Å². The number of rotatable bonds is 4. The van der Waals surface area contributed by atoms with Crippen molar-refractivity contribution < 1.29 is 0 Å². The molecule has 1 aromatic carbocycles. The van der Waals surface area contributed by atoms with Gasteiger partial charge in [-0.2, -0.15) is 0 Å². The van der Waals surface area contributed by atoms with E-state index in [4.69, 9.17) is 0 Å². The van der Waals surface area contributed by atoms with Crippen molar-refractivity contribution in [3.05, 3.63) is 29.8 Å². The molecular formula is C19H29NSi. The fourth-order valence-corrected chi connectivity index (χ4v) is 6.60. The molecular weight excluding hydrogens is 270 g/mol. The maximum atomic E-state index is 4.00. The van der Waals surface area contributed by atoms with Gasteiger partial charge in [-0.25, -0.2) is 0 Å². The first-order valence-electron chi connectivity index (χ1n) is 8.96. The van der Waals surface area contributed by atoms with Gasteiger partial charge >= 0.3 is 0 Å². The molecule has 4 aliphatic rings. The molecule has 0 atom stereocenters. The zero-order chi connectivity index (χ0) is 14.4. The van der Waals surface area contributed by atoms with Gasteiger partial charge in [0.1, 0.15) is 0 Å². The largest absolute Gasteiger partial charge is 0.307 e. The summed E-state index contributed by atoms with van der Waals surface area (Å²) >= 11 is 0. The predicted octanol–water partition coefficient (Wildman–Crippen LogP) is 3.44. The van der Waals surface area contributed by atoms with Crippen LogP contribution in [0, 0.1) is 17.8 Å². The van der Waals surface area contributed by atoms with Crippen molar-refractivity contribution in [1.82, 2.24) is 5.32 Å². The summed E-state index contributed by atoms with van der Waals surface area (Å²) in [5.41, 5.74) is 1.98. The minimum atomic E-state index is -0.639. The standard InChI is InChI=1S/C19H29NSi/c1-21(2)18-5-3-14(4-6-18)13-20-19-10-15-7-16(11-19)9-17(8-15)12-19/h3-6,15-17,20-21H,7-13H2,1-2H3. The second-order valence-corrected chi connectivity index (χ2v) is 11.4. The third-order valence-electron chi connectivity index (χ3n) is 6.35. The van der Waals surface area contributed by atoms with Gasteiger partial charge in [0, 0.05) is 12.1 Å². The van der Waals surface area contributed by atoms with E-state index in [9.17, 15) is 0 Å². The van der Waals surface area contributed by atoms with Gasteiger partial charge in [0.05, 0.1) is 8.80 Å². The Morgan fingerprint density at radius 1 is 0.952 bits per heavy atom. The van der Waals surface area contributed by atoms with Crippen LogP contribution in [-0.4, -0.2) is 14.3 Å². The van der Waals surface area contributed by atoms with E-state index in [1.807, 2.05) is 0 Å². The molecule has 4 bridgehead atoms. The zero-order valence-corrected chi connectivity index (χ0v) is 14.7. The van der Waals surface area contributed by atoms with Crippen molar-refractivity contribution in [2.45, 2.75) is 63.7 Å². The van der Waals surface area contributed by atoms with Gasteiger partial charge in [-0.15, -0.1) is 0 Å². The predicted molar refractivity (Wildman–Crippen MR) is 92.7 cm³/mol. The monoisotopic (exact) mass is 299 g/mol. The van der Waals surface area contributed by atoms with E-state index in [1.54, 1.807) is 5.19 Å². The molecule has 1 nitrogen and oxygen atoms in total. The van der Waals surface area contributed by atoms with Gasteiger partial charge in [0.15, 0.2) is 0 Å². The minimum absolute atomic E-state index is 0.500. The van der Waals surface area contributed by atoms with Crippen LogP contribution in [0.1, 0.15) is 44.1 Å². The highest BCUT2D eigenvalue weighted by atomic mass is 28.3. The van der Waals surface area contributed by atoms with Crippen LogP contribution in [0.15, 0.2) is 24.3 Å². The fraction of sp³-hybridized carbons (Fsp3) is 0.684. The van der Waals surface area contributed by atoms with Crippen LogP contribution in [-0.2, 0) is 6.54 Å². The Hall–Kier alpha value is -0.603. The highest BCUT2D eigenvalue weighted by molar-refractivity contribution is 6.70. The number of hydrogen-bond donors (Lipinski definition) is 1. The Morgan fingerprint density at radius 3 is 1.95 bits per heavy atom. The van der Waals surface area contributed by atoms with Crippen molar-refractivity contribution in [3.8, 4) is 0 Å². The summed E-state index contributed by atoms with van der Waals surface area (Å²) < 4.78 is 0. The average molecular weight is 300 g/mol. The second-order valence-electron chi connectivity index (χ2n) is 8.45. The molecule has 0 saturated heterocycles. The maximum absolute atomic E-state index is 4.00. The molecule has 5 rings (SSSR count). The quantitative estimate of drug-likeness (QED) is 0.840.